The van der Waals surface area contributed by atoms with Gasteiger partial charge in [-0.05, 0) is 12.5 Å². The van der Waals surface area contributed by atoms with Crippen molar-refractivity contribution in [3.8, 4) is 5.75 Å². The molecule has 2 aliphatic rings. The molecule has 2 heterocycles. The molecule has 2 unspecified atom stereocenters. The highest BCUT2D eigenvalue weighted by Gasteiger charge is 2.35. The fraction of sp³-hybridized carbons (Fsp3) is 0.571. The first-order valence-electron chi connectivity index (χ1n) is 6.49. The Bertz CT molecular complexity index is 429. The number of aryl methyl sites for hydroxylation is 1. The fourth-order valence-corrected chi connectivity index (χ4v) is 2.87. The first-order chi connectivity index (χ1) is 8.77. The topological polar surface area (TPSA) is 41.9 Å². The van der Waals surface area contributed by atoms with E-state index in [1.165, 1.54) is 0 Å². The highest BCUT2D eigenvalue weighted by atomic mass is 16.5. The van der Waals surface area contributed by atoms with Gasteiger partial charge in [0, 0.05) is 18.7 Å². The van der Waals surface area contributed by atoms with E-state index in [4.69, 9.17) is 9.47 Å². The second kappa shape index (κ2) is 4.88. The van der Waals surface area contributed by atoms with E-state index in [-0.39, 0.29) is 6.04 Å². The minimum absolute atomic E-state index is 0.0394. The average molecular weight is 249 g/mol. The van der Waals surface area contributed by atoms with Gasteiger partial charge in [0.05, 0.1) is 19.3 Å². The molecule has 3 rings (SSSR count). The molecule has 2 aliphatic heterocycles. The summed E-state index contributed by atoms with van der Waals surface area (Å²) in [5.74, 6) is 0.944. The van der Waals surface area contributed by atoms with Gasteiger partial charge in [-0.1, -0.05) is 18.2 Å². The third kappa shape index (κ3) is 2.00. The van der Waals surface area contributed by atoms with Gasteiger partial charge in [-0.15, -0.1) is 0 Å². The Kier molecular flexibility index (Phi) is 3.24. The number of morpholine rings is 1. The van der Waals surface area contributed by atoms with E-state index in [9.17, 15) is 5.11 Å². The molecule has 1 aromatic carbocycles. The van der Waals surface area contributed by atoms with E-state index in [1.807, 2.05) is 19.1 Å². The van der Waals surface area contributed by atoms with Crippen LogP contribution >= 0.6 is 0 Å². The van der Waals surface area contributed by atoms with Gasteiger partial charge in [-0.2, -0.15) is 0 Å². The van der Waals surface area contributed by atoms with Crippen LogP contribution in [0.5, 0.6) is 5.75 Å². The van der Waals surface area contributed by atoms with E-state index in [1.54, 1.807) is 0 Å². The van der Waals surface area contributed by atoms with E-state index in [0.717, 1.165) is 43.2 Å². The number of hydrogen-bond acceptors (Lipinski definition) is 4. The number of aliphatic hydroxyl groups is 1. The summed E-state index contributed by atoms with van der Waals surface area (Å²) in [6.45, 7) is 5.65. The molecule has 18 heavy (non-hydrogen) atoms. The van der Waals surface area contributed by atoms with Crippen LogP contribution in [0.3, 0.4) is 0 Å². The number of hydrogen-bond donors (Lipinski definition) is 1. The summed E-state index contributed by atoms with van der Waals surface area (Å²) >= 11 is 0. The Hall–Kier alpha value is -1.10. The van der Waals surface area contributed by atoms with Crippen molar-refractivity contribution in [2.45, 2.75) is 19.1 Å². The predicted molar refractivity (Wildman–Crippen MR) is 67.8 cm³/mol. The zero-order valence-electron chi connectivity index (χ0n) is 10.6. The lowest BCUT2D eigenvalue weighted by Crippen LogP contribution is -2.47. The maximum Gasteiger partial charge on any atom is 0.127 e. The van der Waals surface area contributed by atoms with Crippen molar-refractivity contribution in [2.75, 3.05) is 32.9 Å². The number of rotatable bonds is 1. The Balaban J connectivity index is 1.96. The minimum Gasteiger partial charge on any atom is -0.490 e. The summed E-state index contributed by atoms with van der Waals surface area (Å²) in [7, 11) is 0. The second-order valence-electron chi connectivity index (χ2n) is 4.96. The molecule has 0 radical (unpaired) electrons. The monoisotopic (exact) mass is 249 g/mol. The predicted octanol–water partition coefficient (Wildman–Crippen LogP) is 1.12. The van der Waals surface area contributed by atoms with Crippen molar-refractivity contribution < 1.29 is 14.6 Å². The molecule has 1 N–H and O–H groups in total. The third-order valence-corrected chi connectivity index (χ3v) is 3.76. The molecular formula is C14H19NO3. The van der Waals surface area contributed by atoms with Gasteiger partial charge in [0.15, 0.2) is 0 Å². The standard InChI is InChI=1S/C14H19NO3/c1-10-3-2-4-11-13(12(16)9-18-14(10)11)15-5-7-17-8-6-15/h2-4,12-13,16H,5-9H2,1H3. The van der Waals surface area contributed by atoms with Crippen molar-refractivity contribution in [1.82, 2.24) is 4.90 Å². The molecule has 4 nitrogen and oxygen atoms in total. The average Bonchev–Trinajstić information content (AvgIpc) is 2.40. The molecule has 1 saturated heterocycles. The van der Waals surface area contributed by atoms with Gasteiger partial charge in [0.2, 0.25) is 0 Å². The minimum atomic E-state index is -0.461. The number of para-hydroxylation sites is 1. The van der Waals surface area contributed by atoms with Gasteiger partial charge in [0.25, 0.3) is 0 Å². The molecule has 2 atom stereocenters. The largest absolute Gasteiger partial charge is 0.490 e. The summed E-state index contributed by atoms with van der Waals surface area (Å²) in [5.41, 5.74) is 2.24. The molecule has 0 saturated carbocycles. The smallest absolute Gasteiger partial charge is 0.127 e. The highest BCUT2D eigenvalue weighted by Crippen LogP contribution is 2.38. The fourth-order valence-electron chi connectivity index (χ4n) is 2.87. The molecule has 98 valence electrons. The SMILES string of the molecule is Cc1cccc2c1OCC(O)C2N1CCOCC1. The van der Waals surface area contributed by atoms with Crippen LogP contribution in [0.15, 0.2) is 18.2 Å². The quantitative estimate of drug-likeness (QED) is 0.810. The Morgan fingerprint density at radius 1 is 1.28 bits per heavy atom. The molecule has 0 spiro atoms. The lowest BCUT2D eigenvalue weighted by Gasteiger charge is -2.40. The Morgan fingerprint density at radius 3 is 2.83 bits per heavy atom. The van der Waals surface area contributed by atoms with Crippen LogP contribution in [-0.4, -0.2) is 49.0 Å². The van der Waals surface area contributed by atoms with Crippen molar-refractivity contribution in [1.29, 1.82) is 0 Å². The van der Waals surface area contributed by atoms with E-state index in [2.05, 4.69) is 11.0 Å². The van der Waals surface area contributed by atoms with Crippen LogP contribution < -0.4 is 4.74 Å². The number of benzene rings is 1. The van der Waals surface area contributed by atoms with Crippen LogP contribution in [0.4, 0.5) is 0 Å². The molecule has 0 aliphatic carbocycles. The molecule has 0 amide bonds. The van der Waals surface area contributed by atoms with Gasteiger partial charge < -0.3 is 14.6 Å². The maximum atomic E-state index is 10.3. The molecule has 1 aromatic rings. The zero-order valence-corrected chi connectivity index (χ0v) is 10.6. The number of fused-ring (bicyclic) bond motifs is 1. The summed E-state index contributed by atoms with van der Waals surface area (Å²) in [6.07, 6.45) is -0.461. The lowest BCUT2D eigenvalue weighted by atomic mass is 9.94. The number of aliphatic hydroxyl groups excluding tert-OH is 1. The van der Waals surface area contributed by atoms with Crippen LogP contribution in [0.25, 0.3) is 0 Å². The maximum absolute atomic E-state index is 10.3. The first kappa shape index (κ1) is 12.0. The van der Waals surface area contributed by atoms with E-state index in [0.29, 0.717) is 6.61 Å². The normalized spacial score (nSPS) is 28.6. The van der Waals surface area contributed by atoms with Crippen molar-refractivity contribution in [3.05, 3.63) is 29.3 Å². The summed E-state index contributed by atoms with van der Waals surface area (Å²) in [6, 6.07) is 6.18. The molecule has 0 bridgehead atoms. The van der Waals surface area contributed by atoms with Gasteiger partial charge >= 0.3 is 0 Å². The van der Waals surface area contributed by atoms with Crippen molar-refractivity contribution in [2.24, 2.45) is 0 Å². The second-order valence-corrected chi connectivity index (χ2v) is 4.96. The van der Waals surface area contributed by atoms with Crippen LogP contribution in [0, 0.1) is 6.92 Å². The summed E-state index contributed by atoms with van der Waals surface area (Å²) in [4.78, 5) is 2.30. The van der Waals surface area contributed by atoms with Crippen LogP contribution in [0.1, 0.15) is 17.2 Å². The summed E-state index contributed by atoms with van der Waals surface area (Å²) in [5, 5.41) is 10.3. The molecule has 0 aromatic heterocycles. The van der Waals surface area contributed by atoms with Crippen molar-refractivity contribution >= 4 is 0 Å². The third-order valence-electron chi connectivity index (χ3n) is 3.76. The van der Waals surface area contributed by atoms with Crippen LogP contribution in [0.2, 0.25) is 0 Å². The molecule has 4 heteroatoms. The Labute approximate surface area is 107 Å². The highest BCUT2D eigenvalue weighted by molar-refractivity contribution is 5.44. The van der Waals surface area contributed by atoms with Gasteiger partial charge in [0.1, 0.15) is 18.5 Å². The van der Waals surface area contributed by atoms with Gasteiger partial charge in [-0.3, -0.25) is 4.90 Å². The van der Waals surface area contributed by atoms with E-state index < -0.39 is 6.10 Å². The van der Waals surface area contributed by atoms with Crippen LogP contribution in [-0.2, 0) is 4.74 Å². The zero-order chi connectivity index (χ0) is 12.5. The lowest BCUT2D eigenvalue weighted by molar-refractivity contribution is -0.0444. The Morgan fingerprint density at radius 2 is 2.06 bits per heavy atom. The number of ether oxygens (including phenoxy) is 2. The first-order valence-corrected chi connectivity index (χ1v) is 6.49. The molecule has 1 fully saturated rings. The molecular weight excluding hydrogens is 230 g/mol. The van der Waals surface area contributed by atoms with E-state index >= 15 is 0 Å². The summed E-state index contributed by atoms with van der Waals surface area (Å²) < 4.78 is 11.1. The van der Waals surface area contributed by atoms with Crippen molar-refractivity contribution in [3.63, 3.8) is 0 Å². The number of nitrogens with zero attached hydrogens (tertiary/aromatic N) is 1. The van der Waals surface area contributed by atoms with Gasteiger partial charge in [-0.25, -0.2) is 0 Å².